The molecule has 0 radical (unpaired) electrons. The van der Waals surface area contributed by atoms with Crippen LogP contribution in [-0.2, 0) is 0 Å². The number of para-hydroxylation sites is 2. The second-order valence-corrected chi connectivity index (χ2v) is 6.02. The number of imidazole rings is 1. The Morgan fingerprint density at radius 1 is 1.10 bits per heavy atom. The van der Waals surface area contributed by atoms with Crippen molar-refractivity contribution in [1.29, 1.82) is 0 Å². The number of fused-ring (bicyclic) bond motifs is 1. The molecule has 0 bridgehead atoms. The number of aromatic nitrogens is 2. The van der Waals surface area contributed by atoms with E-state index in [-0.39, 0.29) is 0 Å². The first kappa shape index (κ1) is 12.5. The second kappa shape index (κ2) is 4.62. The number of hydrogen-bond acceptors (Lipinski definition) is 2. The van der Waals surface area contributed by atoms with Crippen LogP contribution in [0.15, 0.2) is 48.5 Å². The Morgan fingerprint density at radius 2 is 1.81 bits per heavy atom. The highest BCUT2D eigenvalue weighted by atomic mass is 15.2. The van der Waals surface area contributed by atoms with E-state index < -0.39 is 0 Å². The van der Waals surface area contributed by atoms with E-state index in [1.165, 1.54) is 24.0 Å². The van der Waals surface area contributed by atoms with Crippen LogP contribution < -0.4 is 5.73 Å². The lowest BCUT2D eigenvalue weighted by Gasteiger charge is -2.21. The van der Waals surface area contributed by atoms with Gasteiger partial charge in [-0.15, -0.1) is 0 Å². The molecule has 106 valence electrons. The smallest absolute Gasteiger partial charge is 0.201 e. The first-order valence-corrected chi connectivity index (χ1v) is 7.53. The number of aryl methyl sites for hydroxylation is 1. The Kier molecular flexibility index (Phi) is 2.74. The molecule has 3 aromatic rings. The third-order valence-corrected chi connectivity index (χ3v) is 4.39. The summed E-state index contributed by atoms with van der Waals surface area (Å²) < 4.78 is 2.22. The predicted octanol–water partition coefficient (Wildman–Crippen LogP) is 3.93. The van der Waals surface area contributed by atoms with Crippen LogP contribution in [0.3, 0.4) is 0 Å². The Hall–Kier alpha value is -2.29. The molecule has 0 spiro atoms. The molecule has 21 heavy (non-hydrogen) atoms. The van der Waals surface area contributed by atoms with Crippen molar-refractivity contribution < 1.29 is 0 Å². The van der Waals surface area contributed by atoms with E-state index >= 15 is 0 Å². The van der Waals surface area contributed by atoms with Crippen LogP contribution in [0.2, 0.25) is 0 Å². The summed E-state index contributed by atoms with van der Waals surface area (Å²) in [6.45, 7) is 2.12. The molecule has 1 saturated carbocycles. The molecule has 1 unspecified atom stereocenters. The fraction of sp³-hybridized carbons (Fsp3) is 0.278. The van der Waals surface area contributed by atoms with Crippen molar-refractivity contribution in [2.45, 2.75) is 25.8 Å². The summed E-state index contributed by atoms with van der Waals surface area (Å²) in [4.78, 5) is 4.53. The quantitative estimate of drug-likeness (QED) is 0.788. The third-order valence-electron chi connectivity index (χ3n) is 4.39. The van der Waals surface area contributed by atoms with Crippen molar-refractivity contribution in [2.24, 2.45) is 5.92 Å². The highest BCUT2D eigenvalue weighted by molar-refractivity contribution is 5.78. The molecule has 0 saturated heterocycles. The van der Waals surface area contributed by atoms with Crippen LogP contribution in [0.4, 0.5) is 5.95 Å². The molecule has 1 aromatic heterocycles. The van der Waals surface area contributed by atoms with Crippen molar-refractivity contribution in [2.75, 3.05) is 5.73 Å². The van der Waals surface area contributed by atoms with E-state index in [1.807, 2.05) is 12.1 Å². The summed E-state index contributed by atoms with van der Waals surface area (Å²) in [5.74, 6) is 1.29. The lowest BCUT2D eigenvalue weighted by molar-refractivity contribution is 0.539. The molecule has 1 aliphatic rings. The van der Waals surface area contributed by atoms with Gasteiger partial charge in [-0.1, -0.05) is 42.0 Å². The first-order valence-electron chi connectivity index (χ1n) is 7.53. The van der Waals surface area contributed by atoms with Crippen LogP contribution in [-0.4, -0.2) is 9.55 Å². The third kappa shape index (κ3) is 2.09. The van der Waals surface area contributed by atoms with Gasteiger partial charge in [-0.2, -0.15) is 0 Å². The summed E-state index contributed by atoms with van der Waals surface area (Å²) in [6.07, 6.45) is 2.54. The number of nitrogens with two attached hydrogens (primary N) is 1. The van der Waals surface area contributed by atoms with Gasteiger partial charge in [0, 0.05) is 0 Å². The van der Waals surface area contributed by atoms with Crippen LogP contribution in [0, 0.1) is 12.8 Å². The Bertz CT molecular complexity index is 782. The van der Waals surface area contributed by atoms with Crippen LogP contribution in [0.5, 0.6) is 0 Å². The van der Waals surface area contributed by atoms with Crippen molar-refractivity contribution in [3.63, 3.8) is 0 Å². The Labute approximate surface area is 124 Å². The molecular weight excluding hydrogens is 258 g/mol. The maximum atomic E-state index is 6.24. The van der Waals surface area contributed by atoms with Crippen molar-refractivity contribution in [3.8, 4) is 0 Å². The topological polar surface area (TPSA) is 43.8 Å². The molecule has 1 aliphatic carbocycles. The highest BCUT2D eigenvalue weighted by Gasteiger charge is 2.35. The molecule has 0 aliphatic heterocycles. The lowest BCUT2D eigenvalue weighted by Crippen LogP contribution is -2.15. The zero-order chi connectivity index (χ0) is 14.4. The van der Waals surface area contributed by atoms with Crippen LogP contribution in [0.1, 0.15) is 30.0 Å². The van der Waals surface area contributed by atoms with Gasteiger partial charge in [0.15, 0.2) is 0 Å². The minimum Gasteiger partial charge on any atom is -0.369 e. The standard InChI is InChI=1S/C18H19N3/c1-12-6-8-13(9-7-12)17(14-10-11-14)21-16-5-3-2-4-15(16)20-18(21)19/h2-9,14,17H,10-11H2,1H3,(H2,19,20). The van der Waals surface area contributed by atoms with E-state index in [0.717, 1.165) is 11.0 Å². The van der Waals surface area contributed by atoms with Gasteiger partial charge in [-0.3, -0.25) is 0 Å². The summed E-state index contributed by atoms with van der Waals surface area (Å²) in [5, 5.41) is 0. The zero-order valence-corrected chi connectivity index (χ0v) is 12.2. The summed E-state index contributed by atoms with van der Waals surface area (Å²) >= 11 is 0. The molecule has 3 heteroatoms. The molecule has 0 amide bonds. The van der Waals surface area contributed by atoms with Gasteiger partial charge in [-0.05, 0) is 43.4 Å². The number of rotatable bonds is 3. The lowest BCUT2D eigenvalue weighted by atomic mass is 10.0. The minimum atomic E-state index is 0.304. The van der Waals surface area contributed by atoms with E-state index in [2.05, 4.69) is 52.9 Å². The highest BCUT2D eigenvalue weighted by Crippen LogP contribution is 2.45. The van der Waals surface area contributed by atoms with Gasteiger partial charge in [0.05, 0.1) is 17.1 Å². The molecule has 2 N–H and O–H groups in total. The maximum absolute atomic E-state index is 6.24. The Morgan fingerprint density at radius 3 is 2.52 bits per heavy atom. The zero-order valence-electron chi connectivity index (χ0n) is 12.2. The molecule has 2 aromatic carbocycles. The average Bonchev–Trinajstić information content (AvgIpc) is 3.26. The van der Waals surface area contributed by atoms with Gasteiger partial charge in [-0.25, -0.2) is 4.98 Å². The number of anilines is 1. The van der Waals surface area contributed by atoms with Crippen LogP contribution in [0.25, 0.3) is 11.0 Å². The average molecular weight is 277 g/mol. The monoisotopic (exact) mass is 277 g/mol. The summed E-state index contributed by atoms with van der Waals surface area (Å²) in [5.41, 5.74) is 11.0. The van der Waals surface area contributed by atoms with E-state index in [4.69, 9.17) is 5.73 Å². The second-order valence-electron chi connectivity index (χ2n) is 6.02. The van der Waals surface area contributed by atoms with Gasteiger partial charge in [0.2, 0.25) is 5.95 Å². The number of benzene rings is 2. The number of nitrogen functional groups attached to an aromatic ring is 1. The molecular formula is C18H19N3. The SMILES string of the molecule is Cc1ccc(C(C2CC2)n2c(N)nc3ccccc32)cc1. The molecule has 4 rings (SSSR count). The summed E-state index contributed by atoms with van der Waals surface area (Å²) in [7, 11) is 0. The van der Waals surface area contributed by atoms with E-state index in [1.54, 1.807) is 0 Å². The molecule has 1 heterocycles. The van der Waals surface area contributed by atoms with Crippen molar-refractivity contribution in [1.82, 2.24) is 9.55 Å². The maximum Gasteiger partial charge on any atom is 0.201 e. The minimum absolute atomic E-state index is 0.304. The number of nitrogens with zero attached hydrogens (tertiary/aromatic N) is 2. The summed E-state index contributed by atoms with van der Waals surface area (Å²) in [6, 6.07) is 17.3. The van der Waals surface area contributed by atoms with E-state index in [0.29, 0.717) is 17.9 Å². The van der Waals surface area contributed by atoms with Crippen molar-refractivity contribution >= 4 is 17.0 Å². The molecule has 3 nitrogen and oxygen atoms in total. The van der Waals surface area contributed by atoms with Gasteiger partial charge >= 0.3 is 0 Å². The van der Waals surface area contributed by atoms with Gasteiger partial charge < -0.3 is 10.3 Å². The normalized spacial score (nSPS) is 16.2. The van der Waals surface area contributed by atoms with Gasteiger partial charge in [0.1, 0.15) is 0 Å². The largest absolute Gasteiger partial charge is 0.369 e. The van der Waals surface area contributed by atoms with E-state index in [9.17, 15) is 0 Å². The molecule has 1 atom stereocenters. The first-order chi connectivity index (χ1) is 10.2. The Balaban J connectivity index is 1.90. The molecule has 1 fully saturated rings. The van der Waals surface area contributed by atoms with Crippen LogP contribution >= 0.6 is 0 Å². The fourth-order valence-corrected chi connectivity index (χ4v) is 3.16. The van der Waals surface area contributed by atoms with Crippen molar-refractivity contribution in [3.05, 3.63) is 59.7 Å². The fourth-order valence-electron chi connectivity index (χ4n) is 3.16. The predicted molar refractivity (Wildman–Crippen MR) is 86.2 cm³/mol. The number of hydrogen-bond donors (Lipinski definition) is 1. The van der Waals surface area contributed by atoms with Gasteiger partial charge in [0.25, 0.3) is 0 Å².